The number of halogens is 1. The van der Waals surface area contributed by atoms with Crippen LogP contribution in [0.2, 0.25) is 0 Å². The summed E-state index contributed by atoms with van der Waals surface area (Å²) in [6.45, 7) is 3.50. The lowest BCUT2D eigenvalue weighted by molar-refractivity contribution is -0.120. The molecule has 0 saturated heterocycles. The van der Waals surface area contributed by atoms with Gasteiger partial charge < -0.3 is 10.1 Å². The number of rotatable bonds is 10. The lowest BCUT2D eigenvalue weighted by Crippen LogP contribution is -2.22. The lowest BCUT2D eigenvalue weighted by Gasteiger charge is -2.08. The SMILES string of the molecule is CCCCCCOc1ccc(CNC(=O)CCCl)cc1. The van der Waals surface area contributed by atoms with E-state index in [-0.39, 0.29) is 5.91 Å². The van der Waals surface area contributed by atoms with Crippen LogP contribution in [0.25, 0.3) is 0 Å². The summed E-state index contributed by atoms with van der Waals surface area (Å²) in [6, 6.07) is 7.84. The minimum Gasteiger partial charge on any atom is -0.494 e. The molecule has 0 aliphatic carbocycles. The van der Waals surface area contributed by atoms with Gasteiger partial charge in [-0.25, -0.2) is 0 Å². The van der Waals surface area contributed by atoms with Gasteiger partial charge in [0, 0.05) is 18.8 Å². The molecule has 1 rings (SSSR count). The summed E-state index contributed by atoms with van der Waals surface area (Å²) >= 11 is 5.50. The molecule has 1 aromatic carbocycles. The van der Waals surface area contributed by atoms with E-state index in [0.717, 1.165) is 24.3 Å². The Balaban J connectivity index is 2.24. The zero-order valence-corrected chi connectivity index (χ0v) is 12.9. The first-order valence-corrected chi connectivity index (χ1v) is 7.84. The van der Waals surface area contributed by atoms with E-state index in [0.29, 0.717) is 18.8 Å². The van der Waals surface area contributed by atoms with Crippen LogP contribution in [0.3, 0.4) is 0 Å². The third-order valence-corrected chi connectivity index (χ3v) is 3.19. The smallest absolute Gasteiger partial charge is 0.221 e. The number of amides is 1. The predicted octanol–water partition coefficient (Wildman–Crippen LogP) is 3.89. The Bertz CT molecular complexity index is 379. The largest absolute Gasteiger partial charge is 0.494 e. The molecule has 1 amide bonds. The van der Waals surface area contributed by atoms with Crippen LogP contribution in [0.15, 0.2) is 24.3 Å². The third-order valence-electron chi connectivity index (χ3n) is 3.00. The third kappa shape index (κ3) is 7.39. The van der Waals surface area contributed by atoms with E-state index >= 15 is 0 Å². The maximum absolute atomic E-state index is 11.3. The second-order valence-corrected chi connectivity index (χ2v) is 5.15. The Labute approximate surface area is 126 Å². The van der Waals surface area contributed by atoms with Gasteiger partial charge in [-0.2, -0.15) is 0 Å². The van der Waals surface area contributed by atoms with Crippen LogP contribution in [0, 0.1) is 0 Å². The topological polar surface area (TPSA) is 38.3 Å². The molecule has 0 aromatic heterocycles. The first-order chi connectivity index (χ1) is 9.76. The van der Waals surface area contributed by atoms with E-state index in [4.69, 9.17) is 16.3 Å². The van der Waals surface area contributed by atoms with Crippen LogP contribution in [0.4, 0.5) is 0 Å². The van der Waals surface area contributed by atoms with Crippen molar-refractivity contribution in [3.63, 3.8) is 0 Å². The molecule has 0 radical (unpaired) electrons. The standard InChI is InChI=1S/C16H24ClNO2/c1-2-3-4-5-12-20-15-8-6-14(7-9-15)13-18-16(19)10-11-17/h6-9H,2-5,10-13H2,1H3,(H,18,19). The van der Waals surface area contributed by atoms with E-state index in [9.17, 15) is 4.79 Å². The van der Waals surface area contributed by atoms with E-state index < -0.39 is 0 Å². The molecule has 0 bridgehead atoms. The lowest BCUT2D eigenvalue weighted by atomic mass is 10.2. The first-order valence-electron chi connectivity index (χ1n) is 7.30. The number of unbranched alkanes of at least 4 members (excludes halogenated alkanes) is 3. The molecule has 0 fully saturated rings. The predicted molar refractivity (Wildman–Crippen MR) is 83.3 cm³/mol. The van der Waals surface area contributed by atoms with Gasteiger partial charge in [-0.1, -0.05) is 38.3 Å². The van der Waals surface area contributed by atoms with Crippen LogP contribution in [0.1, 0.15) is 44.6 Å². The van der Waals surface area contributed by atoms with Crippen LogP contribution < -0.4 is 10.1 Å². The summed E-state index contributed by atoms with van der Waals surface area (Å²) in [7, 11) is 0. The average Bonchev–Trinajstić information content (AvgIpc) is 2.46. The summed E-state index contributed by atoms with van der Waals surface area (Å²) in [4.78, 5) is 11.3. The van der Waals surface area contributed by atoms with Crippen molar-refractivity contribution in [2.45, 2.75) is 45.6 Å². The van der Waals surface area contributed by atoms with Gasteiger partial charge in [-0.05, 0) is 24.1 Å². The highest BCUT2D eigenvalue weighted by molar-refractivity contribution is 6.18. The van der Waals surface area contributed by atoms with Gasteiger partial charge in [-0.3, -0.25) is 4.79 Å². The van der Waals surface area contributed by atoms with Gasteiger partial charge in [0.15, 0.2) is 0 Å². The molecule has 4 heteroatoms. The van der Waals surface area contributed by atoms with Gasteiger partial charge in [0.25, 0.3) is 0 Å². The number of hydrogen-bond acceptors (Lipinski definition) is 2. The molecule has 0 aliphatic heterocycles. The van der Waals surface area contributed by atoms with Crippen LogP contribution >= 0.6 is 11.6 Å². The number of carbonyl (C=O) groups is 1. The van der Waals surface area contributed by atoms with Crippen molar-refractivity contribution >= 4 is 17.5 Å². The molecule has 1 N–H and O–H groups in total. The number of benzene rings is 1. The summed E-state index contributed by atoms with van der Waals surface area (Å²) < 4.78 is 5.67. The highest BCUT2D eigenvalue weighted by Crippen LogP contribution is 2.13. The second-order valence-electron chi connectivity index (χ2n) is 4.77. The molecule has 0 saturated carbocycles. The summed E-state index contributed by atoms with van der Waals surface area (Å²) in [5.74, 6) is 1.23. The molecule has 0 aliphatic rings. The normalized spacial score (nSPS) is 10.3. The summed E-state index contributed by atoms with van der Waals surface area (Å²) in [5, 5.41) is 2.82. The van der Waals surface area contributed by atoms with E-state index in [1.807, 2.05) is 24.3 Å². The summed E-state index contributed by atoms with van der Waals surface area (Å²) in [5.41, 5.74) is 1.06. The molecular formula is C16H24ClNO2. The van der Waals surface area contributed by atoms with Crippen molar-refractivity contribution in [1.82, 2.24) is 5.32 Å². The minimum absolute atomic E-state index is 0.0174. The van der Waals surface area contributed by atoms with Gasteiger partial charge in [0.2, 0.25) is 5.91 Å². The zero-order chi connectivity index (χ0) is 14.6. The van der Waals surface area contributed by atoms with Gasteiger partial charge in [0.1, 0.15) is 5.75 Å². The van der Waals surface area contributed by atoms with Crippen molar-refractivity contribution in [1.29, 1.82) is 0 Å². The molecule has 20 heavy (non-hydrogen) atoms. The Morgan fingerprint density at radius 1 is 1.20 bits per heavy atom. The van der Waals surface area contributed by atoms with E-state index in [2.05, 4.69) is 12.2 Å². The quantitative estimate of drug-likeness (QED) is 0.525. The number of nitrogens with one attached hydrogen (secondary N) is 1. The fourth-order valence-electron chi connectivity index (χ4n) is 1.80. The van der Waals surface area contributed by atoms with Gasteiger partial charge in [-0.15, -0.1) is 11.6 Å². The molecule has 0 heterocycles. The van der Waals surface area contributed by atoms with Crippen molar-refractivity contribution < 1.29 is 9.53 Å². The monoisotopic (exact) mass is 297 g/mol. The molecule has 112 valence electrons. The first kappa shape index (κ1) is 16.8. The number of carbonyl (C=O) groups excluding carboxylic acids is 1. The fourth-order valence-corrected chi connectivity index (χ4v) is 1.97. The molecule has 0 unspecified atom stereocenters. The van der Waals surface area contributed by atoms with Crippen LogP contribution in [0.5, 0.6) is 5.75 Å². The Kier molecular flexibility index (Phi) is 8.88. The summed E-state index contributed by atoms with van der Waals surface area (Å²) in [6.07, 6.45) is 5.19. The number of hydrogen-bond donors (Lipinski definition) is 1. The maximum Gasteiger partial charge on any atom is 0.221 e. The Morgan fingerprint density at radius 2 is 1.95 bits per heavy atom. The minimum atomic E-state index is -0.0174. The number of alkyl halides is 1. The maximum atomic E-state index is 11.3. The van der Waals surface area contributed by atoms with E-state index in [1.54, 1.807) is 0 Å². The zero-order valence-electron chi connectivity index (χ0n) is 12.2. The molecular weight excluding hydrogens is 274 g/mol. The average molecular weight is 298 g/mol. The second kappa shape index (κ2) is 10.6. The van der Waals surface area contributed by atoms with Gasteiger partial charge in [0.05, 0.1) is 6.61 Å². The highest BCUT2D eigenvalue weighted by Gasteiger charge is 2.00. The van der Waals surface area contributed by atoms with Crippen molar-refractivity contribution in [2.24, 2.45) is 0 Å². The Hall–Kier alpha value is -1.22. The van der Waals surface area contributed by atoms with Crippen LogP contribution in [-0.4, -0.2) is 18.4 Å². The highest BCUT2D eigenvalue weighted by atomic mass is 35.5. The molecule has 1 aromatic rings. The Morgan fingerprint density at radius 3 is 2.60 bits per heavy atom. The van der Waals surface area contributed by atoms with Crippen LogP contribution in [-0.2, 0) is 11.3 Å². The van der Waals surface area contributed by atoms with Crippen molar-refractivity contribution in [3.8, 4) is 5.75 Å². The van der Waals surface area contributed by atoms with E-state index in [1.165, 1.54) is 19.3 Å². The van der Waals surface area contributed by atoms with Gasteiger partial charge >= 0.3 is 0 Å². The molecule has 0 spiro atoms. The fraction of sp³-hybridized carbons (Fsp3) is 0.562. The number of ether oxygens (including phenoxy) is 1. The molecule has 3 nitrogen and oxygen atoms in total. The molecule has 0 atom stereocenters. The van der Waals surface area contributed by atoms with Crippen molar-refractivity contribution in [3.05, 3.63) is 29.8 Å². The van der Waals surface area contributed by atoms with Crippen molar-refractivity contribution in [2.75, 3.05) is 12.5 Å².